The highest BCUT2D eigenvalue weighted by Crippen LogP contribution is 2.24. The number of fused-ring (bicyclic) bond motifs is 1. The molecule has 18 heavy (non-hydrogen) atoms. The van der Waals surface area contributed by atoms with Crippen molar-refractivity contribution in [2.45, 2.75) is 11.7 Å². The van der Waals surface area contributed by atoms with Gasteiger partial charge in [0.2, 0.25) is 0 Å². The van der Waals surface area contributed by atoms with Gasteiger partial charge in [0, 0.05) is 30.1 Å². The van der Waals surface area contributed by atoms with Crippen LogP contribution in [-0.2, 0) is 6.54 Å². The van der Waals surface area contributed by atoms with Gasteiger partial charge >= 0.3 is 0 Å². The number of hydrogen-bond acceptors (Lipinski definition) is 4. The fraction of sp³-hybridized carbons (Fsp3) is 0.154. The molecule has 0 bridgehead atoms. The van der Waals surface area contributed by atoms with Gasteiger partial charge in [0.05, 0.1) is 0 Å². The first-order valence-corrected chi connectivity index (χ1v) is 6.78. The first-order valence-electron chi connectivity index (χ1n) is 5.55. The lowest BCUT2D eigenvalue weighted by Crippen LogP contribution is -2.12. The van der Waals surface area contributed by atoms with Gasteiger partial charge in [0.25, 0.3) is 5.91 Å². The maximum atomic E-state index is 11.6. The number of benzene rings is 1. The normalized spacial score (nSPS) is 13.3. The smallest absolute Gasteiger partial charge is 0.251 e. The van der Waals surface area contributed by atoms with E-state index in [0.29, 0.717) is 6.54 Å². The number of rotatable bonds is 2. The molecule has 0 atom stereocenters. The predicted octanol–water partition coefficient (Wildman–Crippen LogP) is 2.11. The van der Waals surface area contributed by atoms with Crippen molar-refractivity contribution in [2.75, 3.05) is 6.26 Å². The van der Waals surface area contributed by atoms with Gasteiger partial charge in [-0.15, -0.1) is 0 Å². The Morgan fingerprint density at radius 1 is 1.22 bits per heavy atom. The molecule has 1 aromatic heterocycles. The molecule has 5 heteroatoms. The summed E-state index contributed by atoms with van der Waals surface area (Å²) in [5.74, 6) is -0.00602. The van der Waals surface area contributed by atoms with E-state index in [9.17, 15) is 4.79 Å². The molecular weight excluding hydrogens is 246 g/mol. The minimum Gasteiger partial charge on any atom is -0.348 e. The quantitative estimate of drug-likeness (QED) is 0.661. The monoisotopic (exact) mass is 257 g/mol. The average Bonchev–Trinajstić information content (AvgIpc) is 2.80. The second-order valence-corrected chi connectivity index (χ2v) is 4.79. The third-order valence-corrected chi connectivity index (χ3v) is 3.51. The van der Waals surface area contributed by atoms with Crippen LogP contribution in [0.15, 0.2) is 35.7 Å². The summed E-state index contributed by atoms with van der Waals surface area (Å²) in [5.41, 5.74) is 3.69. The van der Waals surface area contributed by atoms with E-state index in [-0.39, 0.29) is 5.91 Å². The lowest BCUT2D eigenvalue weighted by atomic mass is 10.0. The van der Waals surface area contributed by atoms with Gasteiger partial charge in [-0.2, -0.15) is 0 Å². The van der Waals surface area contributed by atoms with Crippen LogP contribution < -0.4 is 5.32 Å². The van der Waals surface area contributed by atoms with E-state index < -0.39 is 0 Å². The Balaban J connectivity index is 2.01. The first kappa shape index (κ1) is 11.2. The molecule has 0 unspecified atom stereocenters. The maximum Gasteiger partial charge on any atom is 0.251 e. The summed E-state index contributed by atoms with van der Waals surface area (Å²) in [4.78, 5) is 20.1. The van der Waals surface area contributed by atoms with Gasteiger partial charge in [-0.25, -0.2) is 9.97 Å². The summed E-state index contributed by atoms with van der Waals surface area (Å²) in [5, 5.41) is 3.56. The average molecular weight is 257 g/mol. The molecule has 2 heterocycles. The fourth-order valence-electron chi connectivity index (χ4n) is 1.96. The van der Waals surface area contributed by atoms with Crippen LogP contribution in [-0.4, -0.2) is 22.1 Å². The molecule has 1 aliphatic heterocycles. The molecule has 0 spiro atoms. The van der Waals surface area contributed by atoms with Gasteiger partial charge in [0.1, 0.15) is 0 Å². The van der Waals surface area contributed by atoms with Crippen molar-refractivity contribution in [3.8, 4) is 11.1 Å². The Morgan fingerprint density at radius 2 is 2.00 bits per heavy atom. The highest BCUT2D eigenvalue weighted by atomic mass is 32.2. The number of carbonyl (C=O) groups is 1. The molecule has 0 aliphatic carbocycles. The highest BCUT2D eigenvalue weighted by Gasteiger charge is 2.18. The van der Waals surface area contributed by atoms with E-state index in [1.54, 1.807) is 12.4 Å². The molecule has 3 rings (SSSR count). The molecular formula is C13H11N3OS. The van der Waals surface area contributed by atoms with Gasteiger partial charge in [-0.3, -0.25) is 4.79 Å². The zero-order chi connectivity index (χ0) is 12.5. The van der Waals surface area contributed by atoms with Crippen molar-refractivity contribution in [1.29, 1.82) is 0 Å². The van der Waals surface area contributed by atoms with Gasteiger partial charge in [0.15, 0.2) is 5.16 Å². The highest BCUT2D eigenvalue weighted by molar-refractivity contribution is 7.98. The lowest BCUT2D eigenvalue weighted by Gasteiger charge is -2.03. The zero-order valence-electron chi connectivity index (χ0n) is 9.80. The van der Waals surface area contributed by atoms with Crippen molar-refractivity contribution in [2.24, 2.45) is 0 Å². The summed E-state index contributed by atoms with van der Waals surface area (Å²) in [7, 11) is 0. The fourth-order valence-corrected chi connectivity index (χ4v) is 2.28. The standard InChI is InChI=1S/C13H11N3OS/c1-18-13-15-6-10(7-16-13)8-2-3-9-5-14-12(17)11(9)4-8/h2-4,6-7H,5H2,1H3,(H,14,17). The Labute approximate surface area is 109 Å². The molecule has 2 aromatic rings. The van der Waals surface area contributed by atoms with Crippen LogP contribution in [0.1, 0.15) is 15.9 Å². The minimum absolute atomic E-state index is 0.00602. The number of carbonyl (C=O) groups excluding carboxylic acids is 1. The third kappa shape index (κ3) is 1.86. The maximum absolute atomic E-state index is 11.6. The van der Waals surface area contributed by atoms with Gasteiger partial charge in [-0.05, 0) is 23.4 Å². The lowest BCUT2D eigenvalue weighted by molar-refractivity contribution is 0.0966. The van der Waals surface area contributed by atoms with Crippen molar-refractivity contribution < 1.29 is 4.79 Å². The molecule has 1 amide bonds. The molecule has 0 radical (unpaired) electrons. The SMILES string of the molecule is CSc1ncc(-c2ccc3c(c2)C(=O)NC3)cn1. The van der Waals surface area contributed by atoms with Crippen LogP contribution in [0.5, 0.6) is 0 Å². The summed E-state index contributed by atoms with van der Waals surface area (Å²) < 4.78 is 0. The number of amides is 1. The third-order valence-electron chi connectivity index (χ3n) is 2.94. The van der Waals surface area contributed by atoms with Crippen LogP contribution in [0, 0.1) is 0 Å². The predicted molar refractivity (Wildman–Crippen MR) is 70.4 cm³/mol. The van der Waals surface area contributed by atoms with E-state index in [2.05, 4.69) is 15.3 Å². The topological polar surface area (TPSA) is 54.9 Å². The molecule has 0 fully saturated rings. The molecule has 1 aliphatic rings. The second kappa shape index (κ2) is 4.42. The summed E-state index contributed by atoms with van der Waals surface area (Å²) in [6, 6.07) is 5.87. The zero-order valence-corrected chi connectivity index (χ0v) is 10.6. The summed E-state index contributed by atoms with van der Waals surface area (Å²) >= 11 is 1.51. The van der Waals surface area contributed by atoms with Crippen molar-refractivity contribution >= 4 is 17.7 Å². The molecule has 4 nitrogen and oxygen atoms in total. The van der Waals surface area contributed by atoms with Gasteiger partial charge in [-0.1, -0.05) is 23.9 Å². The van der Waals surface area contributed by atoms with Crippen LogP contribution >= 0.6 is 11.8 Å². The Bertz CT molecular complexity index is 610. The van der Waals surface area contributed by atoms with Crippen LogP contribution in [0.2, 0.25) is 0 Å². The Kier molecular flexibility index (Phi) is 2.76. The molecule has 1 N–H and O–H groups in total. The van der Waals surface area contributed by atoms with Crippen LogP contribution in [0.4, 0.5) is 0 Å². The van der Waals surface area contributed by atoms with Crippen molar-refractivity contribution in [1.82, 2.24) is 15.3 Å². The van der Waals surface area contributed by atoms with E-state index >= 15 is 0 Å². The Hall–Kier alpha value is -1.88. The molecule has 90 valence electrons. The van der Waals surface area contributed by atoms with E-state index in [1.165, 1.54) is 11.8 Å². The number of aromatic nitrogens is 2. The molecule has 1 aromatic carbocycles. The van der Waals surface area contributed by atoms with Crippen molar-refractivity contribution in [3.05, 3.63) is 41.7 Å². The van der Waals surface area contributed by atoms with Gasteiger partial charge < -0.3 is 5.32 Å². The molecule has 0 saturated carbocycles. The number of thioether (sulfide) groups is 1. The first-order chi connectivity index (χ1) is 8.78. The Morgan fingerprint density at radius 3 is 2.72 bits per heavy atom. The largest absolute Gasteiger partial charge is 0.348 e. The van der Waals surface area contributed by atoms with Crippen LogP contribution in [0.3, 0.4) is 0 Å². The van der Waals surface area contributed by atoms with E-state index in [4.69, 9.17) is 0 Å². The number of hydrogen-bond donors (Lipinski definition) is 1. The van der Waals surface area contributed by atoms with Crippen molar-refractivity contribution in [3.63, 3.8) is 0 Å². The molecule has 0 saturated heterocycles. The number of nitrogens with zero attached hydrogens (tertiary/aromatic N) is 2. The number of nitrogens with one attached hydrogen (secondary N) is 1. The second-order valence-electron chi connectivity index (χ2n) is 4.01. The summed E-state index contributed by atoms with van der Waals surface area (Å²) in [6.07, 6.45) is 5.51. The minimum atomic E-state index is -0.00602. The van der Waals surface area contributed by atoms with Crippen LogP contribution in [0.25, 0.3) is 11.1 Å². The van der Waals surface area contributed by atoms with E-state index in [1.807, 2.05) is 24.5 Å². The summed E-state index contributed by atoms with van der Waals surface area (Å²) in [6.45, 7) is 0.621. The van der Waals surface area contributed by atoms with E-state index in [0.717, 1.165) is 27.4 Å².